The molecular formula is C19H16ClN3OS. The average Bonchev–Trinajstić information content (AvgIpc) is 2.97. The molecule has 2 aromatic carbocycles. The van der Waals surface area contributed by atoms with E-state index in [1.807, 2.05) is 36.0 Å². The Balaban J connectivity index is 1.77. The first-order chi connectivity index (χ1) is 12.1. The minimum atomic E-state index is -0.126. The minimum Gasteiger partial charge on any atom is -0.310 e. The fourth-order valence-electron chi connectivity index (χ4n) is 3.11. The first-order valence-corrected chi connectivity index (χ1v) is 9.24. The van der Waals surface area contributed by atoms with Crippen LogP contribution in [0.25, 0.3) is 11.3 Å². The number of aryl methyl sites for hydroxylation is 1. The van der Waals surface area contributed by atoms with Gasteiger partial charge in [0.25, 0.3) is 5.91 Å². The maximum Gasteiger partial charge on any atom is 0.278 e. The summed E-state index contributed by atoms with van der Waals surface area (Å²) in [5.74, 6) is 0.615. The lowest BCUT2D eigenvalue weighted by molar-refractivity contribution is 0.0987. The van der Waals surface area contributed by atoms with Gasteiger partial charge in [0, 0.05) is 46.6 Å². The summed E-state index contributed by atoms with van der Waals surface area (Å²) in [7, 11) is 3.64. The van der Waals surface area contributed by atoms with E-state index >= 15 is 0 Å². The number of carbonyl (C=O) groups is 1. The molecule has 0 saturated carbocycles. The molecule has 0 N–H and O–H groups in total. The van der Waals surface area contributed by atoms with Gasteiger partial charge in [0.15, 0.2) is 5.69 Å². The molecule has 1 aliphatic rings. The lowest BCUT2D eigenvalue weighted by Crippen LogP contribution is -2.27. The van der Waals surface area contributed by atoms with Gasteiger partial charge in [-0.2, -0.15) is 5.10 Å². The number of aromatic nitrogens is 2. The zero-order chi connectivity index (χ0) is 17.6. The first kappa shape index (κ1) is 16.2. The second-order valence-corrected chi connectivity index (χ2v) is 7.38. The molecule has 0 unspecified atom stereocenters. The summed E-state index contributed by atoms with van der Waals surface area (Å²) in [6, 6.07) is 15.5. The molecule has 2 heterocycles. The van der Waals surface area contributed by atoms with Crippen molar-refractivity contribution in [2.24, 2.45) is 7.05 Å². The highest BCUT2D eigenvalue weighted by Gasteiger charge is 2.29. The normalized spacial score (nSPS) is 12.4. The van der Waals surface area contributed by atoms with Crippen molar-refractivity contribution in [2.45, 2.75) is 10.6 Å². The van der Waals surface area contributed by atoms with Crippen LogP contribution in [0.3, 0.4) is 0 Å². The van der Waals surface area contributed by atoms with Gasteiger partial charge in [0.1, 0.15) is 0 Å². The number of hydrogen-bond acceptors (Lipinski definition) is 3. The Morgan fingerprint density at radius 1 is 1.24 bits per heavy atom. The first-order valence-electron chi connectivity index (χ1n) is 7.88. The molecule has 1 amide bonds. The number of benzene rings is 2. The number of halogens is 1. The van der Waals surface area contributed by atoms with Gasteiger partial charge < -0.3 is 4.90 Å². The van der Waals surface area contributed by atoms with Crippen molar-refractivity contribution in [3.05, 3.63) is 64.8 Å². The molecule has 0 saturated heterocycles. The van der Waals surface area contributed by atoms with Gasteiger partial charge in [-0.15, -0.1) is 11.8 Å². The molecule has 0 atom stereocenters. The maximum absolute atomic E-state index is 13.1. The maximum atomic E-state index is 13.1. The highest BCUT2D eigenvalue weighted by Crippen LogP contribution is 2.42. The molecular weight excluding hydrogens is 354 g/mol. The summed E-state index contributed by atoms with van der Waals surface area (Å²) in [6.07, 6.45) is 0. The second-order valence-electron chi connectivity index (χ2n) is 5.93. The van der Waals surface area contributed by atoms with E-state index in [2.05, 4.69) is 17.2 Å². The van der Waals surface area contributed by atoms with Crippen LogP contribution < -0.4 is 4.90 Å². The van der Waals surface area contributed by atoms with Crippen LogP contribution in [0.5, 0.6) is 0 Å². The summed E-state index contributed by atoms with van der Waals surface area (Å²) in [5, 5.41) is 5.14. The van der Waals surface area contributed by atoms with E-state index in [0.29, 0.717) is 10.7 Å². The topological polar surface area (TPSA) is 38.1 Å². The number of carbonyl (C=O) groups excluding carboxylic acids is 1. The van der Waals surface area contributed by atoms with Crippen LogP contribution in [-0.4, -0.2) is 22.7 Å². The zero-order valence-corrected chi connectivity index (χ0v) is 15.4. The predicted molar refractivity (Wildman–Crippen MR) is 102 cm³/mol. The fourth-order valence-corrected chi connectivity index (χ4v) is 4.37. The van der Waals surface area contributed by atoms with Gasteiger partial charge in [0.05, 0.1) is 5.69 Å². The van der Waals surface area contributed by atoms with Crippen LogP contribution in [0, 0.1) is 0 Å². The summed E-state index contributed by atoms with van der Waals surface area (Å²) in [6.45, 7) is 0. The summed E-state index contributed by atoms with van der Waals surface area (Å²) in [4.78, 5) is 15.9. The fraction of sp³-hybridized carbons (Fsp3) is 0.158. The van der Waals surface area contributed by atoms with Crippen LogP contribution in [0.2, 0.25) is 5.02 Å². The van der Waals surface area contributed by atoms with Gasteiger partial charge >= 0.3 is 0 Å². The molecule has 4 nitrogen and oxygen atoms in total. The van der Waals surface area contributed by atoms with E-state index in [9.17, 15) is 4.79 Å². The van der Waals surface area contributed by atoms with Crippen molar-refractivity contribution >= 4 is 35.0 Å². The molecule has 126 valence electrons. The van der Waals surface area contributed by atoms with Crippen LogP contribution in [0.1, 0.15) is 16.1 Å². The lowest BCUT2D eigenvalue weighted by Gasteiger charge is -2.19. The van der Waals surface area contributed by atoms with E-state index in [-0.39, 0.29) is 5.91 Å². The number of amides is 1. The molecule has 4 rings (SSSR count). The van der Waals surface area contributed by atoms with Crippen molar-refractivity contribution in [3.8, 4) is 11.3 Å². The van der Waals surface area contributed by atoms with E-state index < -0.39 is 0 Å². The molecule has 0 aliphatic carbocycles. The number of fused-ring (bicyclic) bond motifs is 3. The lowest BCUT2D eigenvalue weighted by atomic mass is 10.1. The minimum absolute atomic E-state index is 0.126. The molecule has 0 fully saturated rings. The molecule has 25 heavy (non-hydrogen) atoms. The quantitative estimate of drug-likeness (QED) is 0.661. The van der Waals surface area contributed by atoms with E-state index in [1.54, 1.807) is 35.8 Å². The van der Waals surface area contributed by atoms with E-state index in [1.165, 1.54) is 4.90 Å². The molecule has 0 spiro atoms. The van der Waals surface area contributed by atoms with E-state index in [4.69, 9.17) is 11.6 Å². The molecule has 1 aliphatic heterocycles. The van der Waals surface area contributed by atoms with Gasteiger partial charge in [0.2, 0.25) is 0 Å². The van der Waals surface area contributed by atoms with Crippen LogP contribution in [0.15, 0.2) is 53.4 Å². The Morgan fingerprint density at radius 2 is 2.04 bits per heavy atom. The Morgan fingerprint density at radius 3 is 2.84 bits per heavy atom. The number of anilines is 1. The van der Waals surface area contributed by atoms with Crippen LogP contribution >= 0.6 is 23.4 Å². The van der Waals surface area contributed by atoms with Crippen molar-refractivity contribution in [2.75, 3.05) is 11.9 Å². The Labute approximate surface area is 155 Å². The zero-order valence-electron chi connectivity index (χ0n) is 13.9. The van der Waals surface area contributed by atoms with Gasteiger partial charge in [-0.3, -0.25) is 9.48 Å². The van der Waals surface area contributed by atoms with Gasteiger partial charge in [-0.25, -0.2) is 0 Å². The van der Waals surface area contributed by atoms with Crippen LogP contribution in [-0.2, 0) is 12.8 Å². The highest BCUT2D eigenvalue weighted by atomic mass is 35.5. The molecule has 0 radical (unpaired) electrons. The van der Waals surface area contributed by atoms with Crippen molar-refractivity contribution in [3.63, 3.8) is 0 Å². The molecule has 0 bridgehead atoms. The third-order valence-corrected chi connectivity index (χ3v) is 5.70. The summed E-state index contributed by atoms with van der Waals surface area (Å²) >= 11 is 7.80. The summed E-state index contributed by atoms with van der Waals surface area (Å²) < 4.78 is 1.81. The van der Waals surface area contributed by atoms with Crippen molar-refractivity contribution in [1.82, 2.24) is 9.78 Å². The number of nitrogens with zero attached hydrogens (tertiary/aromatic N) is 3. The van der Waals surface area contributed by atoms with Crippen molar-refractivity contribution < 1.29 is 4.79 Å². The van der Waals surface area contributed by atoms with E-state index in [0.717, 1.165) is 28.3 Å². The SMILES string of the molecule is CN(C(=O)c1nn(C)c2c1CSc1ccccc1-2)c1cccc(Cl)c1. The number of rotatable bonds is 2. The largest absolute Gasteiger partial charge is 0.310 e. The Kier molecular flexibility index (Phi) is 4.06. The molecule has 6 heteroatoms. The summed E-state index contributed by atoms with van der Waals surface area (Å²) in [5.41, 5.74) is 4.40. The molecule has 1 aromatic heterocycles. The number of thioether (sulfide) groups is 1. The average molecular weight is 370 g/mol. The number of hydrogen-bond donors (Lipinski definition) is 0. The molecule has 3 aromatic rings. The second kappa shape index (κ2) is 6.24. The van der Waals surface area contributed by atoms with Crippen molar-refractivity contribution in [1.29, 1.82) is 0 Å². The standard InChI is InChI=1S/C19H16ClN3OS/c1-22(13-7-5-6-12(20)10-13)19(24)17-15-11-25-16-9-4-3-8-14(16)18(15)23(2)21-17/h3-10H,11H2,1-2H3. The monoisotopic (exact) mass is 369 g/mol. The van der Waals surface area contributed by atoms with Gasteiger partial charge in [-0.05, 0) is 24.3 Å². The third-order valence-electron chi connectivity index (χ3n) is 4.36. The van der Waals surface area contributed by atoms with Gasteiger partial charge in [-0.1, -0.05) is 35.9 Å². The highest BCUT2D eigenvalue weighted by molar-refractivity contribution is 7.98. The Hall–Kier alpha value is -2.24. The Bertz CT molecular complexity index is 983. The smallest absolute Gasteiger partial charge is 0.278 e. The van der Waals surface area contributed by atoms with Crippen LogP contribution in [0.4, 0.5) is 5.69 Å². The predicted octanol–water partition coefficient (Wildman–Crippen LogP) is 4.62. The third kappa shape index (κ3) is 2.73.